The van der Waals surface area contributed by atoms with Crippen LogP contribution in [0.25, 0.3) is 0 Å². The van der Waals surface area contributed by atoms with Gasteiger partial charge >= 0.3 is 5.97 Å². The predicted octanol–water partition coefficient (Wildman–Crippen LogP) is 2.75. The molecule has 4 heteroatoms. The van der Waals surface area contributed by atoms with Crippen LogP contribution >= 0.6 is 0 Å². The van der Waals surface area contributed by atoms with E-state index >= 15 is 0 Å². The monoisotopic (exact) mass is 291 g/mol. The number of methoxy groups -OCH3 is 1. The van der Waals surface area contributed by atoms with Gasteiger partial charge in [-0.3, -0.25) is 9.59 Å². The van der Waals surface area contributed by atoms with Crippen molar-refractivity contribution in [1.82, 2.24) is 5.32 Å². The van der Waals surface area contributed by atoms with Gasteiger partial charge in [0.05, 0.1) is 19.6 Å². The van der Waals surface area contributed by atoms with Gasteiger partial charge in [-0.2, -0.15) is 0 Å². The molecule has 21 heavy (non-hydrogen) atoms. The largest absolute Gasteiger partial charge is 0.469 e. The Morgan fingerprint density at radius 3 is 2.29 bits per heavy atom. The maximum atomic E-state index is 12.5. The molecule has 0 fully saturated rings. The molecule has 0 bridgehead atoms. The fourth-order valence-corrected chi connectivity index (χ4v) is 2.21. The van der Waals surface area contributed by atoms with Crippen molar-refractivity contribution in [3.8, 4) is 0 Å². The summed E-state index contributed by atoms with van der Waals surface area (Å²) in [7, 11) is 1.33. The summed E-state index contributed by atoms with van der Waals surface area (Å²) in [4.78, 5) is 24.0. The van der Waals surface area contributed by atoms with Crippen LogP contribution in [0.2, 0.25) is 0 Å². The van der Waals surface area contributed by atoms with Gasteiger partial charge in [0.1, 0.15) is 0 Å². The zero-order valence-corrected chi connectivity index (χ0v) is 13.3. The van der Waals surface area contributed by atoms with E-state index in [4.69, 9.17) is 0 Å². The Balaban J connectivity index is 2.85. The highest BCUT2D eigenvalue weighted by atomic mass is 16.5. The van der Waals surface area contributed by atoms with Gasteiger partial charge in [0.25, 0.3) is 0 Å². The van der Waals surface area contributed by atoms with Crippen molar-refractivity contribution in [1.29, 1.82) is 0 Å². The van der Waals surface area contributed by atoms with Crippen molar-refractivity contribution in [3.05, 3.63) is 35.4 Å². The molecule has 1 unspecified atom stereocenters. The van der Waals surface area contributed by atoms with Crippen molar-refractivity contribution in [2.45, 2.75) is 52.1 Å². The van der Waals surface area contributed by atoms with Crippen LogP contribution in [0.5, 0.6) is 0 Å². The summed E-state index contributed by atoms with van der Waals surface area (Å²) >= 11 is 0. The molecule has 0 aliphatic rings. The molecule has 116 valence electrons. The normalized spacial score (nSPS) is 12.2. The van der Waals surface area contributed by atoms with Gasteiger partial charge in [-0.1, -0.05) is 51.5 Å². The summed E-state index contributed by atoms with van der Waals surface area (Å²) in [5.74, 6) is -0.457. The molecule has 1 N–H and O–H groups in total. The van der Waals surface area contributed by atoms with E-state index in [9.17, 15) is 9.59 Å². The fraction of sp³-hybridized carbons (Fsp3) is 0.529. The second-order valence-corrected chi connectivity index (χ2v) is 5.47. The average Bonchev–Trinajstić information content (AvgIpc) is 2.46. The van der Waals surface area contributed by atoms with E-state index in [1.54, 1.807) is 0 Å². The molecule has 0 amide bonds. The molecule has 0 radical (unpaired) electrons. The number of carbonyl (C=O) groups is 2. The van der Waals surface area contributed by atoms with Crippen LogP contribution in [0, 0.1) is 0 Å². The van der Waals surface area contributed by atoms with Crippen LogP contribution in [0.4, 0.5) is 0 Å². The number of aryl methyl sites for hydroxylation is 1. The van der Waals surface area contributed by atoms with E-state index in [0.717, 1.165) is 12.8 Å². The topological polar surface area (TPSA) is 55.4 Å². The number of hydrogen-bond donors (Lipinski definition) is 1. The number of esters is 1. The van der Waals surface area contributed by atoms with E-state index in [2.05, 4.69) is 17.0 Å². The summed E-state index contributed by atoms with van der Waals surface area (Å²) in [6.07, 6.45) is 2.13. The van der Waals surface area contributed by atoms with E-state index in [1.807, 2.05) is 38.1 Å². The molecule has 1 atom stereocenters. The smallest absolute Gasteiger partial charge is 0.307 e. The van der Waals surface area contributed by atoms with Crippen LogP contribution in [-0.2, 0) is 16.0 Å². The van der Waals surface area contributed by atoms with Gasteiger partial charge in [0, 0.05) is 11.6 Å². The summed E-state index contributed by atoms with van der Waals surface area (Å²) in [5, 5.41) is 3.13. The Labute approximate surface area is 126 Å². The summed E-state index contributed by atoms with van der Waals surface area (Å²) < 4.78 is 4.67. The Morgan fingerprint density at radius 1 is 1.19 bits per heavy atom. The number of ether oxygens (including phenoxy) is 1. The number of carbonyl (C=O) groups excluding carboxylic acids is 2. The first kappa shape index (κ1) is 17.4. The second kappa shape index (κ2) is 8.57. The first-order valence-electron chi connectivity index (χ1n) is 7.44. The lowest BCUT2D eigenvalue weighted by molar-refractivity contribution is -0.141. The van der Waals surface area contributed by atoms with Crippen molar-refractivity contribution < 1.29 is 14.3 Å². The molecule has 4 nitrogen and oxygen atoms in total. The highest BCUT2D eigenvalue weighted by Gasteiger charge is 2.24. The van der Waals surface area contributed by atoms with E-state index in [1.165, 1.54) is 12.7 Å². The molecule has 1 aromatic carbocycles. The second-order valence-electron chi connectivity index (χ2n) is 5.47. The molecular weight excluding hydrogens is 266 g/mol. The van der Waals surface area contributed by atoms with Gasteiger partial charge in [0.15, 0.2) is 5.78 Å². The van der Waals surface area contributed by atoms with Crippen molar-refractivity contribution in [2.24, 2.45) is 0 Å². The standard InChI is InChI=1S/C17H25NO3/c1-5-6-13-7-9-14(10-8-13)17(20)15(18-12(2)3)11-16(19)21-4/h7-10,12,15,18H,5-6,11H2,1-4H3. The molecule has 0 aromatic heterocycles. The third-order valence-corrected chi connectivity index (χ3v) is 3.23. The maximum Gasteiger partial charge on any atom is 0.307 e. The Hall–Kier alpha value is -1.68. The van der Waals surface area contributed by atoms with E-state index in [-0.39, 0.29) is 24.2 Å². The highest BCUT2D eigenvalue weighted by Crippen LogP contribution is 2.11. The summed E-state index contributed by atoms with van der Waals surface area (Å²) in [6, 6.07) is 7.18. The molecule has 0 aliphatic heterocycles. The Morgan fingerprint density at radius 2 is 1.81 bits per heavy atom. The van der Waals surface area contributed by atoms with Crippen molar-refractivity contribution in [3.63, 3.8) is 0 Å². The van der Waals surface area contributed by atoms with Gasteiger partial charge in [-0.05, 0) is 12.0 Å². The van der Waals surface area contributed by atoms with Crippen LogP contribution in [0.15, 0.2) is 24.3 Å². The molecule has 0 aliphatic carbocycles. The van der Waals surface area contributed by atoms with E-state index in [0.29, 0.717) is 5.56 Å². The third-order valence-electron chi connectivity index (χ3n) is 3.23. The number of benzene rings is 1. The highest BCUT2D eigenvalue weighted by molar-refractivity contribution is 6.01. The lowest BCUT2D eigenvalue weighted by atomic mass is 9.99. The zero-order valence-electron chi connectivity index (χ0n) is 13.3. The van der Waals surface area contributed by atoms with Crippen molar-refractivity contribution in [2.75, 3.05) is 7.11 Å². The quantitative estimate of drug-likeness (QED) is 0.591. The van der Waals surface area contributed by atoms with Crippen LogP contribution in [0.1, 0.15) is 49.5 Å². The molecule has 0 heterocycles. The minimum atomic E-state index is -0.547. The molecule has 1 rings (SSSR count). The van der Waals surface area contributed by atoms with Crippen LogP contribution < -0.4 is 5.32 Å². The number of Topliss-reactive ketones (excluding diaryl/α,β-unsaturated/α-hetero) is 1. The first-order chi connectivity index (χ1) is 9.97. The first-order valence-corrected chi connectivity index (χ1v) is 7.44. The van der Waals surface area contributed by atoms with Crippen LogP contribution in [0.3, 0.4) is 0 Å². The Kier molecular flexibility index (Phi) is 7.09. The molecular formula is C17H25NO3. The lowest BCUT2D eigenvalue weighted by Gasteiger charge is -2.19. The predicted molar refractivity (Wildman–Crippen MR) is 83.5 cm³/mol. The summed E-state index contributed by atoms with van der Waals surface area (Å²) in [6.45, 7) is 6.02. The number of nitrogens with one attached hydrogen (secondary N) is 1. The van der Waals surface area contributed by atoms with Gasteiger partial charge in [-0.25, -0.2) is 0 Å². The molecule has 0 spiro atoms. The minimum Gasteiger partial charge on any atom is -0.469 e. The molecule has 0 saturated carbocycles. The molecule has 0 saturated heterocycles. The number of hydrogen-bond acceptors (Lipinski definition) is 4. The SMILES string of the molecule is CCCc1ccc(C(=O)C(CC(=O)OC)NC(C)C)cc1. The summed E-state index contributed by atoms with van der Waals surface area (Å²) in [5.41, 5.74) is 1.84. The maximum absolute atomic E-state index is 12.5. The van der Waals surface area contributed by atoms with Crippen LogP contribution in [-0.4, -0.2) is 30.9 Å². The fourth-order valence-electron chi connectivity index (χ4n) is 2.21. The molecule has 1 aromatic rings. The van der Waals surface area contributed by atoms with Gasteiger partial charge in [0.2, 0.25) is 0 Å². The number of rotatable bonds is 8. The Bertz CT molecular complexity index is 465. The van der Waals surface area contributed by atoms with Gasteiger partial charge in [-0.15, -0.1) is 0 Å². The van der Waals surface area contributed by atoms with E-state index < -0.39 is 6.04 Å². The lowest BCUT2D eigenvalue weighted by Crippen LogP contribution is -2.42. The number of ketones is 1. The zero-order chi connectivity index (χ0) is 15.8. The minimum absolute atomic E-state index is 0.0459. The average molecular weight is 291 g/mol. The van der Waals surface area contributed by atoms with Gasteiger partial charge < -0.3 is 10.1 Å². The third kappa shape index (κ3) is 5.68. The van der Waals surface area contributed by atoms with Crippen molar-refractivity contribution >= 4 is 11.8 Å².